The van der Waals surface area contributed by atoms with Gasteiger partial charge in [-0.05, 0) is 71.6 Å². The Balaban J connectivity index is 1.73. The quantitative estimate of drug-likeness (QED) is 0.285. The molecule has 1 atom stereocenters. The van der Waals surface area contributed by atoms with Gasteiger partial charge in [0.2, 0.25) is 11.1 Å². The number of nitrogens with zero attached hydrogens (tertiary/aromatic N) is 3. The van der Waals surface area contributed by atoms with E-state index >= 15 is 0 Å². The number of aromatic nitrogens is 3. The number of methoxy groups -OCH3 is 1. The van der Waals surface area contributed by atoms with Gasteiger partial charge in [0.1, 0.15) is 12.6 Å². The van der Waals surface area contributed by atoms with Crippen LogP contribution in [0.25, 0.3) is 0 Å². The maximum Gasteiger partial charge on any atom is 0.227 e. The van der Waals surface area contributed by atoms with Crippen LogP contribution in [0.1, 0.15) is 44.4 Å². The largest absolute Gasteiger partial charge is 0.493 e. The van der Waals surface area contributed by atoms with Gasteiger partial charge in [0.05, 0.1) is 11.6 Å². The van der Waals surface area contributed by atoms with E-state index in [0.717, 1.165) is 29.0 Å². The maximum atomic E-state index is 12.7. The Hall–Kier alpha value is -2.49. The molecule has 0 fully saturated rings. The fourth-order valence-corrected chi connectivity index (χ4v) is 5.31. The number of halogens is 2. The number of carbonyl (C=O) groups excluding carboxylic acids is 1. The van der Waals surface area contributed by atoms with Gasteiger partial charge >= 0.3 is 0 Å². The molecule has 0 bridgehead atoms. The predicted octanol–water partition coefficient (Wildman–Crippen LogP) is 6.66. The van der Waals surface area contributed by atoms with Crippen molar-refractivity contribution in [2.24, 2.45) is 0 Å². The molecule has 1 unspecified atom stereocenters. The topological polar surface area (TPSA) is 78.3 Å². The summed E-state index contributed by atoms with van der Waals surface area (Å²) >= 11 is 11.2. The van der Waals surface area contributed by atoms with E-state index in [9.17, 15) is 4.79 Å². The summed E-state index contributed by atoms with van der Waals surface area (Å²) in [5.74, 6) is 2.60. The number of thioether (sulfide) groups is 1. The molecule has 0 amide bonds. The molecule has 184 valence electrons. The molecule has 0 spiro atoms. The Kier molecular flexibility index (Phi) is 8.09. The maximum absolute atomic E-state index is 12.7. The summed E-state index contributed by atoms with van der Waals surface area (Å²) in [7, 11) is 1.59. The molecule has 3 aromatic rings. The molecule has 10 heteroatoms. The van der Waals surface area contributed by atoms with Crippen LogP contribution in [0, 0.1) is 0 Å². The summed E-state index contributed by atoms with van der Waals surface area (Å²) in [6, 6.07) is 10.9. The zero-order valence-corrected chi connectivity index (χ0v) is 23.1. The van der Waals surface area contributed by atoms with Gasteiger partial charge in [-0.2, -0.15) is 4.98 Å². The summed E-state index contributed by atoms with van der Waals surface area (Å²) < 4.78 is 14.3. The molecule has 1 aliphatic rings. The summed E-state index contributed by atoms with van der Waals surface area (Å²) in [4.78, 5) is 17.4. The number of nitrogens with one attached hydrogen (secondary N) is 1. The first-order valence-corrected chi connectivity index (χ1v) is 13.3. The highest BCUT2D eigenvalue weighted by molar-refractivity contribution is 9.10. The van der Waals surface area contributed by atoms with Gasteiger partial charge in [-0.15, -0.1) is 5.10 Å². The lowest BCUT2D eigenvalue weighted by molar-refractivity contribution is -0.114. The highest BCUT2D eigenvalue weighted by Gasteiger charge is 2.33. The minimum absolute atomic E-state index is 0.0398. The van der Waals surface area contributed by atoms with Crippen LogP contribution in [-0.2, 0) is 11.4 Å². The zero-order chi connectivity index (χ0) is 25.1. The Morgan fingerprint density at radius 3 is 2.69 bits per heavy atom. The van der Waals surface area contributed by atoms with E-state index in [-0.39, 0.29) is 5.78 Å². The first-order valence-electron chi connectivity index (χ1n) is 11.1. The number of allylic oxidation sites excluding steroid dienone is 2. The SMILES string of the molecule is CCCSc1nc2n(n1)C(c1cc(Br)c(OCc3ccc(Cl)cc3)c(OC)c1)C(C(C)=O)=C(C)N2. The highest BCUT2D eigenvalue weighted by atomic mass is 79.9. The van der Waals surface area contributed by atoms with Crippen LogP contribution in [0.2, 0.25) is 5.02 Å². The van der Waals surface area contributed by atoms with Gasteiger partial charge in [-0.25, -0.2) is 4.68 Å². The second kappa shape index (κ2) is 11.1. The highest BCUT2D eigenvalue weighted by Crippen LogP contribution is 2.43. The molecule has 0 saturated carbocycles. The number of rotatable bonds is 9. The number of carbonyl (C=O) groups is 1. The molecule has 0 aliphatic carbocycles. The van der Waals surface area contributed by atoms with Crippen LogP contribution in [0.5, 0.6) is 11.5 Å². The Morgan fingerprint density at radius 1 is 1.29 bits per heavy atom. The summed E-state index contributed by atoms with van der Waals surface area (Å²) in [6.07, 6.45) is 1.02. The molecule has 2 heterocycles. The van der Waals surface area contributed by atoms with Gasteiger partial charge in [0.25, 0.3) is 0 Å². The van der Waals surface area contributed by atoms with Crippen molar-refractivity contribution in [3.63, 3.8) is 0 Å². The Labute approximate surface area is 222 Å². The third-order valence-corrected chi connectivity index (χ3v) is 7.40. The van der Waals surface area contributed by atoms with Crippen LogP contribution in [-0.4, -0.2) is 33.4 Å². The molecule has 7 nitrogen and oxygen atoms in total. The molecular formula is C25H26BrClN4O3S. The van der Waals surface area contributed by atoms with Crippen molar-refractivity contribution in [3.8, 4) is 11.5 Å². The number of fused-ring (bicyclic) bond motifs is 1. The number of anilines is 1. The monoisotopic (exact) mass is 576 g/mol. The average molecular weight is 578 g/mol. The van der Waals surface area contributed by atoms with E-state index < -0.39 is 6.04 Å². The molecule has 35 heavy (non-hydrogen) atoms. The number of hydrogen-bond acceptors (Lipinski definition) is 7. The second-order valence-electron chi connectivity index (χ2n) is 8.08. The summed E-state index contributed by atoms with van der Waals surface area (Å²) in [5, 5.41) is 9.31. The molecule has 4 rings (SSSR count). The predicted molar refractivity (Wildman–Crippen MR) is 143 cm³/mol. The third-order valence-electron chi connectivity index (χ3n) is 5.51. The van der Waals surface area contributed by atoms with Gasteiger partial charge in [-0.3, -0.25) is 4.79 Å². The van der Waals surface area contributed by atoms with Crippen LogP contribution in [0.15, 0.2) is 57.3 Å². The minimum atomic E-state index is -0.456. The number of ketones is 1. The smallest absolute Gasteiger partial charge is 0.227 e. The van der Waals surface area contributed by atoms with E-state index in [1.165, 1.54) is 0 Å². The van der Waals surface area contributed by atoms with Crippen LogP contribution >= 0.6 is 39.3 Å². The first kappa shape index (κ1) is 25.6. The standard InChI is InChI=1S/C25H26BrClN4O3S/c1-5-10-35-25-29-24-28-14(2)21(15(3)32)22(31(24)30-25)17-11-19(26)23(20(12-17)33-4)34-13-16-6-8-18(27)9-7-16/h6-9,11-12,22H,5,10,13H2,1-4H3,(H,28,29,30). The third kappa shape index (κ3) is 5.52. The fraction of sp³-hybridized carbons (Fsp3) is 0.320. The Bertz CT molecular complexity index is 1280. The molecular weight excluding hydrogens is 552 g/mol. The minimum Gasteiger partial charge on any atom is -0.493 e. The molecule has 2 aromatic carbocycles. The molecule has 0 saturated heterocycles. The summed E-state index contributed by atoms with van der Waals surface area (Å²) in [6.45, 7) is 5.92. The lowest BCUT2D eigenvalue weighted by Crippen LogP contribution is -2.28. The van der Waals surface area contributed by atoms with Crippen LogP contribution < -0.4 is 14.8 Å². The van der Waals surface area contributed by atoms with E-state index in [2.05, 4.69) is 33.2 Å². The van der Waals surface area contributed by atoms with Crippen molar-refractivity contribution in [2.45, 2.75) is 45.0 Å². The molecule has 1 N–H and O–H groups in total. The lowest BCUT2D eigenvalue weighted by Gasteiger charge is -2.28. The first-order chi connectivity index (χ1) is 16.8. The number of ether oxygens (including phenoxy) is 2. The lowest BCUT2D eigenvalue weighted by atomic mass is 9.93. The van der Waals surface area contributed by atoms with Crippen molar-refractivity contribution in [1.29, 1.82) is 0 Å². The second-order valence-corrected chi connectivity index (χ2v) is 10.4. The number of benzene rings is 2. The van der Waals surface area contributed by atoms with Gasteiger partial charge in [-0.1, -0.05) is 42.4 Å². The van der Waals surface area contributed by atoms with Crippen molar-refractivity contribution >= 4 is 51.0 Å². The van der Waals surface area contributed by atoms with Crippen molar-refractivity contribution < 1.29 is 14.3 Å². The molecule has 1 aliphatic heterocycles. The van der Waals surface area contributed by atoms with E-state index in [4.69, 9.17) is 26.2 Å². The number of hydrogen-bond donors (Lipinski definition) is 1. The van der Waals surface area contributed by atoms with Gasteiger partial charge in [0, 0.05) is 22.0 Å². The number of Topliss-reactive ketones (excluding diaryl/α,β-unsaturated/α-hetero) is 1. The Morgan fingerprint density at radius 2 is 2.03 bits per heavy atom. The average Bonchev–Trinajstić information content (AvgIpc) is 3.23. The van der Waals surface area contributed by atoms with Crippen molar-refractivity contribution in [2.75, 3.05) is 18.2 Å². The normalized spacial score (nSPS) is 15.0. The van der Waals surface area contributed by atoms with E-state index in [1.807, 2.05) is 43.3 Å². The van der Waals surface area contributed by atoms with Crippen LogP contribution in [0.4, 0.5) is 5.95 Å². The zero-order valence-electron chi connectivity index (χ0n) is 19.9. The van der Waals surface area contributed by atoms with Gasteiger partial charge < -0.3 is 14.8 Å². The van der Waals surface area contributed by atoms with Crippen molar-refractivity contribution in [3.05, 3.63) is 68.3 Å². The van der Waals surface area contributed by atoms with Crippen LogP contribution in [0.3, 0.4) is 0 Å². The fourth-order valence-electron chi connectivity index (χ4n) is 3.92. The van der Waals surface area contributed by atoms with Crippen molar-refractivity contribution in [1.82, 2.24) is 14.8 Å². The van der Waals surface area contributed by atoms with Gasteiger partial charge in [0.15, 0.2) is 17.3 Å². The van der Waals surface area contributed by atoms with E-state index in [1.54, 1.807) is 30.5 Å². The summed E-state index contributed by atoms with van der Waals surface area (Å²) in [5.41, 5.74) is 3.19. The van der Waals surface area contributed by atoms with E-state index in [0.29, 0.717) is 44.3 Å². The molecule has 0 radical (unpaired) electrons. The molecule has 1 aromatic heterocycles.